The Labute approximate surface area is 147 Å². The van der Waals surface area contributed by atoms with E-state index < -0.39 is 0 Å². The van der Waals surface area contributed by atoms with Crippen molar-refractivity contribution in [2.24, 2.45) is 0 Å². The van der Waals surface area contributed by atoms with Crippen molar-refractivity contribution < 1.29 is 14.2 Å². The third-order valence-electron chi connectivity index (χ3n) is 3.70. The zero-order chi connectivity index (χ0) is 18.0. The lowest BCUT2D eigenvalue weighted by Gasteiger charge is -2.23. The lowest BCUT2D eigenvalue weighted by atomic mass is 10.0. The summed E-state index contributed by atoms with van der Waals surface area (Å²) in [5, 5.41) is 1.73. The van der Waals surface area contributed by atoms with Crippen LogP contribution >= 0.6 is 0 Å². The average molecular weight is 338 g/mol. The van der Waals surface area contributed by atoms with E-state index in [2.05, 4.69) is 9.97 Å². The van der Waals surface area contributed by atoms with Gasteiger partial charge in [-0.2, -0.15) is 0 Å². The molecule has 25 heavy (non-hydrogen) atoms. The molecule has 0 atom stereocenters. The molecule has 0 amide bonds. The van der Waals surface area contributed by atoms with Crippen LogP contribution < -0.4 is 14.2 Å². The van der Waals surface area contributed by atoms with Crippen LogP contribution in [-0.2, 0) is 0 Å². The lowest BCUT2D eigenvalue weighted by molar-refractivity contribution is 0.126. The minimum Gasteiger partial charge on any atom is -0.493 e. The van der Waals surface area contributed by atoms with Gasteiger partial charge in [-0.3, -0.25) is 4.98 Å². The monoisotopic (exact) mass is 338 g/mol. The van der Waals surface area contributed by atoms with Crippen molar-refractivity contribution in [1.29, 1.82) is 0 Å². The largest absolute Gasteiger partial charge is 0.493 e. The van der Waals surface area contributed by atoms with Crippen LogP contribution in [0.3, 0.4) is 0 Å². The van der Waals surface area contributed by atoms with Crippen LogP contribution in [0.5, 0.6) is 17.4 Å². The molecule has 3 aromatic rings. The average Bonchev–Trinajstić information content (AvgIpc) is 2.60. The summed E-state index contributed by atoms with van der Waals surface area (Å²) in [4.78, 5) is 9.00. The SMILES string of the molecule is COc1ccc2c(OC(C)(C)C)ncc(-c3ccccn3)c2c1OC. The van der Waals surface area contributed by atoms with Crippen LogP contribution in [0.15, 0.2) is 42.7 Å². The van der Waals surface area contributed by atoms with Crippen molar-refractivity contribution in [2.45, 2.75) is 26.4 Å². The first kappa shape index (κ1) is 17.0. The van der Waals surface area contributed by atoms with E-state index in [1.165, 1.54) is 0 Å². The minimum atomic E-state index is -0.362. The summed E-state index contributed by atoms with van der Waals surface area (Å²) in [6, 6.07) is 9.58. The van der Waals surface area contributed by atoms with Gasteiger partial charge in [0, 0.05) is 28.7 Å². The van der Waals surface area contributed by atoms with Gasteiger partial charge in [0.2, 0.25) is 5.88 Å². The van der Waals surface area contributed by atoms with Gasteiger partial charge in [-0.05, 0) is 45.0 Å². The van der Waals surface area contributed by atoms with Crippen LogP contribution in [-0.4, -0.2) is 29.8 Å². The van der Waals surface area contributed by atoms with E-state index in [4.69, 9.17) is 14.2 Å². The highest BCUT2D eigenvalue weighted by Gasteiger charge is 2.21. The van der Waals surface area contributed by atoms with E-state index in [1.54, 1.807) is 26.6 Å². The van der Waals surface area contributed by atoms with Crippen LogP contribution in [0, 0.1) is 0 Å². The summed E-state index contributed by atoms with van der Waals surface area (Å²) in [6.07, 6.45) is 3.53. The quantitative estimate of drug-likeness (QED) is 0.701. The Morgan fingerprint density at radius 2 is 1.72 bits per heavy atom. The van der Waals surface area contributed by atoms with E-state index in [9.17, 15) is 0 Å². The van der Waals surface area contributed by atoms with E-state index in [0.29, 0.717) is 17.4 Å². The number of nitrogens with zero attached hydrogens (tertiary/aromatic N) is 2. The van der Waals surface area contributed by atoms with Gasteiger partial charge in [-0.25, -0.2) is 4.98 Å². The Bertz CT molecular complexity index is 887. The maximum absolute atomic E-state index is 6.05. The molecule has 1 aromatic carbocycles. The van der Waals surface area contributed by atoms with E-state index >= 15 is 0 Å². The predicted octanol–water partition coefficient (Wildman–Crippen LogP) is 4.49. The summed E-state index contributed by atoms with van der Waals surface area (Å²) in [5.41, 5.74) is 1.32. The van der Waals surface area contributed by atoms with Gasteiger partial charge in [-0.15, -0.1) is 0 Å². The molecule has 0 unspecified atom stereocenters. The van der Waals surface area contributed by atoms with Crippen molar-refractivity contribution in [3.63, 3.8) is 0 Å². The van der Waals surface area contributed by atoms with Crippen molar-refractivity contribution >= 4 is 10.8 Å². The summed E-state index contributed by atoms with van der Waals surface area (Å²) in [5.74, 6) is 1.85. The number of rotatable bonds is 4. The highest BCUT2D eigenvalue weighted by molar-refractivity contribution is 6.03. The van der Waals surface area contributed by atoms with Crippen LogP contribution in [0.1, 0.15) is 20.8 Å². The second kappa shape index (κ2) is 6.59. The van der Waals surface area contributed by atoms with Gasteiger partial charge >= 0.3 is 0 Å². The fourth-order valence-corrected chi connectivity index (χ4v) is 2.72. The van der Waals surface area contributed by atoms with E-state index in [0.717, 1.165) is 22.0 Å². The number of methoxy groups -OCH3 is 2. The normalized spacial score (nSPS) is 11.4. The number of pyridine rings is 2. The Balaban J connectivity index is 2.36. The molecule has 0 aliphatic carbocycles. The topological polar surface area (TPSA) is 53.5 Å². The third-order valence-corrected chi connectivity index (χ3v) is 3.70. The van der Waals surface area contributed by atoms with Gasteiger partial charge in [0.1, 0.15) is 5.60 Å². The van der Waals surface area contributed by atoms with Crippen LogP contribution in [0.4, 0.5) is 0 Å². The number of hydrogen-bond acceptors (Lipinski definition) is 5. The number of hydrogen-bond donors (Lipinski definition) is 0. The summed E-state index contributed by atoms with van der Waals surface area (Å²) < 4.78 is 17.2. The summed E-state index contributed by atoms with van der Waals surface area (Å²) in [6.45, 7) is 5.98. The predicted molar refractivity (Wildman–Crippen MR) is 98.5 cm³/mol. The number of fused-ring (bicyclic) bond motifs is 1. The van der Waals surface area contributed by atoms with Gasteiger partial charge in [0.15, 0.2) is 11.5 Å². The van der Waals surface area contributed by atoms with Crippen molar-refractivity contribution in [3.8, 4) is 28.6 Å². The molecule has 0 aliphatic rings. The molecule has 0 fully saturated rings. The first-order chi connectivity index (χ1) is 11.9. The molecule has 0 saturated heterocycles. The molecule has 0 spiro atoms. The zero-order valence-electron chi connectivity index (χ0n) is 15.2. The second-order valence-electron chi connectivity index (χ2n) is 6.63. The fourth-order valence-electron chi connectivity index (χ4n) is 2.72. The Morgan fingerprint density at radius 1 is 0.920 bits per heavy atom. The van der Waals surface area contributed by atoms with E-state index in [1.807, 2.05) is 51.1 Å². The summed E-state index contributed by atoms with van der Waals surface area (Å²) >= 11 is 0. The second-order valence-corrected chi connectivity index (χ2v) is 6.63. The molecule has 0 bridgehead atoms. The van der Waals surface area contributed by atoms with Gasteiger partial charge in [0.05, 0.1) is 19.9 Å². The lowest BCUT2D eigenvalue weighted by Crippen LogP contribution is -2.23. The maximum Gasteiger partial charge on any atom is 0.222 e. The number of ether oxygens (including phenoxy) is 3. The van der Waals surface area contributed by atoms with Crippen LogP contribution in [0.2, 0.25) is 0 Å². The molecular formula is C20H22N2O3. The zero-order valence-corrected chi connectivity index (χ0v) is 15.2. The molecule has 130 valence electrons. The Kier molecular flexibility index (Phi) is 4.49. The first-order valence-corrected chi connectivity index (χ1v) is 8.08. The number of benzene rings is 1. The molecule has 0 N–H and O–H groups in total. The molecule has 0 radical (unpaired) electrons. The molecule has 2 aromatic heterocycles. The van der Waals surface area contributed by atoms with Gasteiger partial charge < -0.3 is 14.2 Å². The highest BCUT2D eigenvalue weighted by Crippen LogP contribution is 2.43. The molecule has 2 heterocycles. The molecule has 0 aliphatic heterocycles. The third kappa shape index (κ3) is 3.36. The maximum atomic E-state index is 6.05. The van der Waals surface area contributed by atoms with Gasteiger partial charge in [0.25, 0.3) is 0 Å². The highest BCUT2D eigenvalue weighted by atomic mass is 16.5. The summed E-state index contributed by atoms with van der Waals surface area (Å²) in [7, 11) is 3.25. The molecule has 5 heteroatoms. The molecular weight excluding hydrogens is 316 g/mol. The Hall–Kier alpha value is -2.82. The van der Waals surface area contributed by atoms with Crippen LogP contribution in [0.25, 0.3) is 22.0 Å². The molecule has 0 saturated carbocycles. The van der Waals surface area contributed by atoms with Crippen molar-refractivity contribution in [2.75, 3.05) is 14.2 Å². The fraction of sp³-hybridized carbons (Fsp3) is 0.300. The molecule has 5 nitrogen and oxygen atoms in total. The standard InChI is InChI=1S/C20H22N2O3/c1-20(2,3)25-19-13-9-10-16(23-4)18(24-5)17(13)14(12-22-19)15-8-6-7-11-21-15/h6-12H,1-5H3. The van der Waals surface area contributed by atoms with Crippen molar-refractivity contribution in [3.05, 3.63) is 42.7 Å². The smallest absolute Gasteiger partial charge is 0.222 e. The van der Waals surface area contributed by atoms with Crippen molar-refractivity contribution in [1.82, 2.24) is 9.97 Å². The Morgan fingerprint density at radius 3 is 2.32 bits per heavy atom. The van der Waals surface area contributed by atoms with E-state index in [-0.39, 0.29) is 5.60 Å². The number of aromatic nitrogens is 2. The molecule has 3 rings (SSSR count). The first-order valence-electron chi connectivity index (χ1n) is 8.08. The van der Waals surface area contributed by atoms with Gasteiger partial charge in [-0.1, -0.05) is 6.07 Å². The minimum absolute atomic E-state index is 0.362.